The van der Waals surface area contributed by atoms with Gasteiger partial charge in [0.1, 0.15) is 0 Å². The summed E-state index contributed by atoms with van der Waals surface area (Å²) < 4.78 is 5.16. The Kier molecular flexibility index (Phi) is 2.68. The highest BCUT2D eigenvalue weighted by molar-refractivity contribution is 7.10. The maximum atomic E-state index is 11.8. The second kappa shape index (κ2) is 3.96. The summed E-state index contributed by atoms with van der Waals surface area (Å²) in [5, 5.41) is 1.98. The fraction of sp³-hybridized carbons (Fsp3) is 0.364. The summed E-state index contributed by atoms with van der Waals surface area (Å²) in [7, 11) is 0. The van der Waals surface area contributed by atoms with E-state index in [-0.39, 0.29) is 5.78 Å². The average molecular weight is 208 g/mol. The molecule has 0 amide bonds. The third kappa shape index (κ3) is 1.60. The van der Waals surface area contributed by atoms with E-state index in [4.69, 9.17) is 4.74 Å². The molecular weight excluding hydrogens is 196 g/mol. The summed E-state index contributed by atoms with van der Waals surface area (Å²) in [5.41, 5.74) is 1.67. The van der Waals surface area contributed by atoms with Gasteiger partial charge in [-0.2, -0.15) is 0 Å². The van der Waals surface area contributed by atoms with Gasteiger partial charge in [0.2, 0.25) is 0 Å². The molecule has 0 N–H and O–H groups in total. The Morgan fingerprint density at radius 2 is 2.43 bits per heavy atom. The summed E-state index contributed by atoms with van der Waals surface area (Å²) in [5.74, 6) is 0.140. The van der Waals surface area contributed by atoms with Crippen molar-refractivity contribution < 1.29 is 9.53 Å². The van der Waals surface area contributed by atoms with Crippen LogP contribution in [0.5, 0.6) is 0 Å². The van der Waals surface area contributed by atoms with Gasteiger partial charge >= 0.3 is 0 Å². The zero-order valence-electron chi connectivity index (χ0n) is 8.08. The van der Waals surface area contributed by atoms with Crippen LogP contribution >= 0.6 is 11.3 Å². The molecule has 2 nitrogen and oxygen atoms in total. The summed E-state index contributed by atoms with van der Waals surface area (Å²) in [6, 6.07) is 1.90. The molecule has 0 bridgehead atoms. The van der Waals surface area contributed by atoms with E-state index in [1.807, 2.05) is 18.4 Å². The molecule has 0 aliphatic heterocycles. The van der Waals surface area contributed by atoms with Crippen LogP contribution in [0.4, 0.5) is 0 Å². The minimum absolute atomic E-state index is 0.140. The number of ketones is 1. The van der Waals surface area contributed by atoms with E-state index >= 15 is 0 Å². The number of carbonyl (C=O) groups is 1. The van der Waals surface area contributed by atoms with Crippen LogP contribution in [0, 0.1) is 0 Å². The molecule has 0 aromatic carbocycles. The zero-order valence-corrected chi connectivity index (χ0v) is 8.89. The van der Waals surface area contributed by atoms with Gasteiger partial charge < -0.3 is 4.74 Å². The second-order valence-corrected chi connectivity index (χ2v) is 4.19. The van der Waals surface area contributed by atoms with Crippen molar-refractivity contribution in [3.05, 3.63) is 33.7 Å². The van der Waals surface area contributed by atoms with Crippen molar-refractivity contribution in [2.24, 2.45) is 0 Å². The van der Waals surface area contributed by atoms with Crippen LogP contribution in [0.25, 0.3) is 0 Å². The van der Waals surface area contributed by atoms with Gasteiger partial charge in [-0.05, 0) is 31.2 Å². The number of hydrogen-bond donors (Lipinski definition) is 0. The number of rotatable bonds is 2. The number of aryl methyl sites for hydroxylation is 1. The fourth-order valence-electron chi connectivity index (χ4n) is 1.57. The maximum Gasteiger partial charge on any atom is 0.193 e. The molecule has 0 fully saturated rings. The lowest BCUT2D eigenvalue weighted by molar-refractivity contribution is 0.102. The van der Waals surface area contributed by atoms with Crippen molar-refractivity contribution in [3.8, 4) is 0 Å². The zero-order chi connectivity index (χ0) is 9.97. The van der Waals surface area contributed by atoms with Gasteiger partial charge in [-0.25, -0.2) is 0 Å². The first kappa shape index (κ1) is 9.46. The van der Waals surface area contributed by atoms with Crippen LogP contribution in [-0.2, 0) is 11.2 Å². The Morgan fingerprint density at radius 1 is 1.57 bits per heavy atom. The standard InChI is InChI=1S/C11H12O2S/c1-2-13-7-8-3-4-10-9(11(8)12)5-6-14-10/h5-7H,2-4H2,1H3/b8-7-. The lowest BCUT2D eigenvalue weighted by atomic mass is 9.94. The van der Waals surface area contributed by atoms with Crippen LogP contribution in [0.1, 0.15) is 28.6 Å². The Bertz CT molecular complexity index is 376. The molecule has 0 radical (unpaired) electrons. The molecule has 1 aromatic rings. The molecular formula is C11H12O2S. The SMILES string of the molecule is CCO/C=C1/CCc2sccc2C1=O. The van der Waals surface area contributed by atoms with Gasteiger partial charge in [-0.15, -0.1) is 11.3 Å². The lowest BCUT2D eigenvalue weighted by Crippen LogP contribution is -2.12. The van der Waals surface area contributed by atoms with Crippen molar-refractivity contribution in [2.75, 3.05) is 6.61 Å². The third-order valence-electron chi connectivity index (χ3n) is 2.30. The monoisotopic (exact) mass is 208 g/mol. The number of carbonyl (C=O) groups excluding carboxylic acids is 1. The molecule has 1 aromatic heterocycles. The molecule has 0 saturated heterocycles. The van der Waals surface area contributed by atoms with Gasteiger partial charge in [-0.1, -0.05) is 0 Å². The molecule has 0 atom stereocenters. The van der Waals surface area contributed by atoms with E-state index in [0.29, 0.717) is 6.61 Å². The van der Waals surface area contributed by atoms with E-state index < -0.39 is 0 Å². The van der Waals surface area contributed by atoms with Crippen LogP contribution in [-0.4, -0.2) is 12.4 Å². The predicted octanol–water partition coefficient (Wildman–Crippen LogP) is 2.80. The predicted molar refractivity (Wildman–Crippen MR) is 56.7 cm³/mol. The summed E-state index contributed by atoms with van der Waals surface area (Å²) >= 11 is 1.67. The van der Waals surface area contributed by atoms with Gasteiger partial charge in [-0.3, -0.25) is 4.79 Å². The minimum atomic E-state index is 0.140. The highest BCUT2D eigenvalue weighted by Gasteiger charge is 2.22. The number of hydrogen-bond acceptors (Lipinski definition) is 3. The van der Waals surface area contributed by atoms with Crippen LogP contribution < -0.4 is 0 Å². The van der Waals surface area contributed by atoms with E-state index in [1.54, 1.807) is 17.6 Å². The highest BCUT2D eigenvalue weighted by atomic mass is 32.1. The molecule has 0 unspecified atom stereocenters. The largest absolute Gasteiger partial charge is 0.501 e. The van der Waals surface area contributed by atoms with Crippen molar-refractivity contribution in [3.63, 3.8) is 0 Å². The van der Waals surface area contributed by atoms with Gasteiger partial charge in [0.15, 0.2) is 5.78 Å². The molecule has 3 heteroatoms. The molecule has 1 aliphatic rings. The Morgan fingerprint density at radius 3 is 3.21 bits per heavy atom. The van der Waals surface area contributed by atoms with E-state index in [1.165, 1.54) is 4.88 Å². The average Bonchev–Trinajstić information content (AvgIpc) is 2.66. The number of ether oxygens (including phenoxy) is 1. The maximum absolute atomic E-state index is 11.8. The smallest absolute Gasteiger partial charge is 0.193 e. The van der Waals surface area contributed by atoms with Crippen molar-refractivity contribution >= 4 is 17.1 Å². The Labute approximate surface area is 87.2 Å². The lowest BCUT2D eigenvalue weighted by Gasteiger charge is -2.12. The first-order valence-electron chi connectivity index (χ1n) is 4.74. The second-order valence-electron chi connectivity index (χ2n) is 3.19. The molecule has 1 aliphatic carbocycles. The molecule has 14 heavy (non-hydrogen) atoms. The number of thiophene rings is 1. The summed E-state index contributed by atoms with van der Waals surface area (Å²) in [6.45, 7) is 2.54. The van der Waals surface area contributed by atoms with Crippen LogP contribution in [0.2, 0.25) is 0 Å². The van der Waals surface area contributed by atoms with E-state index in [2.05, 4.69) is 0 Å². The fourth-order valence-corrected chi connectivity index (χ4v) is 2.44. The number of Topliss-reactive ketones (excluding diaryl/α,β-unsaturated/α-hetero) is 1. The summed E-state index contributed by atoms with van der Waals surface area (Å²) in [6.07, 6.45) is 3.40. The number of allylic oxidation sites excluding steroid dienone is 1. The molecule has 1 heterocycles. The van der Waals surface area contributed by atoms with Gasteiger partial charge in [0.25, 0.3) is 0 Å². The molecule has 0 saturated carbocycles. The topological polar surface area (TPSA) is 26.3 Å². The van der Waals surface area contributed by atoms with E-state index in [9.17, 15) is 4.79 Å². The van der Waals surface area contributed by atoms with Crippen LogP contribution in [0.15, 0.2) is 23.3 Å². The van der Waals surface area contributed by atoms with Crippen molar-refractivity contribution in [1.29, 1.82) is 0 Å². The van der Waals surface area contributed by atoms with Crippen LogP contribution in [0.3, 0.4) is 0 Å². The number of fused-ring (bicyclic) bond motifs is 1. The summed E-state index contributed by atoms with van der Waals surface area (Å²) in [4.78, 5) is 13.1. The van der Waals surface area contributed by atoms with Crippen molar-refractivity contribution in [2.45, 2.75) is 19.8 Å². The van der Waals surface area contributed by atoms with Crippen molar-refractivity contribution in [1.82, 2.24) is 0 Å². The Hall–Kier alpha value is -1.09. The molecule has 74 valence electrons. The minimum Gasteiger partial charge on any atom is -0.501 e. The van der Waals surface area contributed by atoms with E-state index in [0.717, 1.165) is 24.0 Å². The van der Waals surface area contributed by atoms with Gasteiger partial charge in [0.05, 0.1) is 12.9 Å². The highest BCUT2D eigenvalue weighted by Crippen LogP contribution is 2.28. The quantitative estimate of drug-likeness (QED) is 0.552. The Balaban J connectivity index is 2.25. The third-order valence-corrected chi connectivity index (χ3v) is 3.28. The molecule has 0 spiro atoms. The first-order valence-corrected chi connectivity index (χ1v) is 5.62. The first-order chi connectivity index (χ1) is 6.83. The molecule has 2 rings (SSSR count). The normalized spacial score (nSPS) is 18.4. The van der Waals surface area contributed by atoms with Gasteiger partial charge in [0, 0.05) is 16.0 Å².